The Hall–Kier alpha value is -3.36. The number of fused-ring (bicyclic) bond motifs is 2. The van der Waals surface area contributed by atoms with Crippen molar-refractivity contribution in [1.29, 1.82) is 5.26 Å². The third-order valence-electron chi connectivity index (χ3n) is 4.04. The van der Waals surface area contributed by atoms with Crippen molar-refractivity contribution in [2.24, 2.45) is 0 Å². The molecule has 0 unspecified atom stereocenters. The van der Waals surface area contributed by atoms with Crippen LogP contribution in [0.15, 0.2) is 33.0 Å². The van der Waals surface area contributed by atoms with Crippen LogP contribution in [0.4, 0.5) is 0 Å². The Balaban J connectivity index is 2.16. The van der Waals surface area contributed by atoms with Gasteiger partial charge in [-0.2, -0.15) is 5.26 Å². The molecule has 0 saturated carbocycles. The molecule has 0 N–H and O–H groups in total. The zero-order chi connectivity index (χ0) is 20.3. The fraction of sp³-hybridized carbons (Fsp3) is 0.250. The van der Waals surface area contributed by atoms with Gasteiger partial charge in [0.25, 0.3) is 0 Å². The van der Waals surface area contributed by atoms with E-state index in [1.165, 1.54) is 12.1 Å². The SMILES string of the molecule is CCOC(=O)C(C#N)=Cc1cc2cc3c(cc2oc1=O)C#CCCS(=O)(=O)C3. The molecule has 0 fully saturated rings. The van der Waals surface area contributed by atoms with Gasteiger partial charge in [0, 0.05) is 17.4 Å². The highest BCUT2D eigenvalue weighted by atomic mass is 32.2. The quantitative estimate of drug-likeness (QED) is 0.256. The van der Waals surface area contributed by atoms with Gasteiger partial charge in [-0.1, -0.05) is 11.8 Å². The maximum atomic E-state index is 12.3. The molecule has 1 aromatic carbocycles. The van der Waals surface area contributed by atoms with Gasteiger partial charge < -0.3 is 9.15 Å². The summed E-state index contributed by atoms with van der Waals surface area (Å²) in [4.78, 5) is 24.0. The first-order valence-electron chi connectivity index (χ1n) is 8.42. The van der Waals surface area contributed by atoms with E-state index in [9.17, 15) is 18.0 Å². The largest absolute Gasteiger partial charge is 0.462 e. The molecule has 0 aliphatic carbocycles. The molecule has 0 atom stereocenters. The number of nitrogens with zero attached hydrogens (tertiary/aromatic N) is 1. The van der Waals surface area contributed by atoms with Gasteiger partial charge >= 0.3 is 11.6 Å². The first-order chi connectivity index (χ1) is 13.3. The minimum Gasteiger partial charge on any atom is -0.462 e. The van der Waals surface area contributed by atoms with E-state index in [0.29, 0.717) is 16.5 Å². The molecule has 1 aliphatic heterocycles. The lowest BCUT2D eigenvalue weighted by Crippen LogP contribution is -2.12. The number of ether oxygens (including phenoxy) is 1. The van der Waals surface area contributed by atoms with Gasteiger partial charge in [-0.15, -0.1) is 0 Å². The van der Waals surface area contributed by atoms with Crippen LogP contribution < -0.4 is 5.63 Å². The predicted molar refractivity (Wildman–Crippen MR) is 102 cm³/mol. The summed E-state index contributed by atoms with van der Waals surface area (Å²) >= 11 is 0. The highest BCUT2D eigenvalue weighted by Gasteiger charge is 2.18. The zero-order valence-corrected chi connectivity index (χ0v) is 15.8. The van der Waals surface area contributed by atoms with Crippen LogP contribution >= 0.6 is 0 Å². The van der Waals surface area contributed by atoms with E-state index in [1.54, 1.807) is 19.1 Å². The average molecular weight is 397 g/mol. The van der Waals surface area contributed by atoms with Gasteiger partial charge in [0.05, 0.1) is 23.7 Å². The van der Waals surface area contributed by atoms with E-state index < -0.39 is 21.4 Å². The Labute approximate surface area is 161 Å². The molecule has 3 rings (SSSR count). The molecule has 2 heterocycles. The Morgan fingerprint density at radius 2 is 2.18 bits per heavy atom. The van der Waals surface area contributed by atoms with Gasteiger partial charge in [0.2, 0.25) is 0 Å². The molecular formula is C20H15NO6S. The number of nitriles is 1. The molecule has 8 heteroatoms. The van der Waals surface area contributed by atoms with E-state index >= 15 is 0 Å². The standard InChI is InChI=1S/C20H15NO6S/c1-2-26-19(22)16(11-21)9-15-7-14-8-17-12-28(24,25)6-4-3-5-13(17)10-18(14)27-20(15)23/h7-10H,2,4,6,12H2,1H3. The van der Waals surface area contributed by atoms with Gasteiger partial charge in [-0.05, 0) is 36.8 Å². The van der Waals surface area contributed by atoms with Crippen molar-refractivity contribution in [2.75, 3.05) is 12.4 Å². The Kier molecular flexibility index (Phi) is 5.34. The maximum absolute atomic E-state index is 12.3. The number of carbonyl (C=O) groups excluding carboxylic acids is 1. The van der Waals surface area contributed by atoms with E-state index in [1.807, 2.05) is 0 Å². The van der Waals surface area contributed by atoms with Crippen LogP contribution in [0.25, 0.3) is 17.0 Å². The first kappa shape index (κ1) is 19.4. The van der Waals surface area contributed by atoms with Gasteiger partial charge in [0.15, 0.2) is 9.84 Å². The number of hydrogen-bond acceptors (Lipinski definition) is 7. The number of sulfone groups is 1. The fourth-order valence-corrected chi connectivity index (χ4v) is 4.01. The highest BCUT2D eigenvalue weighted by Crippen LogP contribution is 2.23. The lowest BCUT2D eigenvalue weighted by Gasteiger charge is -2.10. The smallest absolute Gasteiger partial charge is 0.348 e. The fourth-order valence-electron chi connectivity index (χ4n) is 2.74. The first-order valence-corrected chi connectivity index (χ1v) is 10.2. The lowest BCUT2D eigenvalue weighted by molar-refractivity contribution is -0.137. The van der Waals surface area contributed by atoms with E-state index in [-0.39, 0.29) is 41.3 Å². The molecule has 0 spiro atoms. The molecule has 142 valence electrons. The van der Waals surface area contributed by atoms with Crippen LogP contribution in [0, 0.1) is 23.2 Å². The van der Waals surface area contributed by atoms with Crippen LogP contribution in [-0.2, 0) is 25.1 Å². The van der Waals surface area contributed by atoms with Crippen LogP contribution in [0.5, 0.6) is 0 Å². The molecule has 0 radical (unpaired) electrons. The van der Waals surface area contributed by atoms with Gasteiger partial charge in [0.1, 0.15) is 17.2 Å². The molecular weight excluding hydrogens is 382 g/mol. The number of benzene rings is 1. The second-order valence-corrected chi connectivity index (χ2v) is 8.25. The monoisotopic (exact) mass is 397 g/mol. The Bertz CT molecular complexity index is 1270. The molecule has 1 aromatic heterocycles. The van der Waals surface area contributed by atoms with Crippen molar-refractivity contribution >= 4 is 32.9 Å². The molecule has 0 bridgehead atoms. The summed E-state index contributed by atoms with van der Waals surface area (Å²) < 4.78 is 34.3. The lowest BCUT2D eigenvalue weighted by atomic mass is 10.0. The molecule has 0 amide bonds. The van der Waals surface area contributed by atoms with Crippen LogP contribution in [0.3, 0.4) is 0 Å². The summed E-state index contributed by atoms with van der Waals surface area (Å²) in [5.41, 5.74) is 0.143. The number of rotatable bonds is 3. The minimum absolute atomic E-state index is 0.0135. The molecule has 28 heavy (non-hydrogen) atoms. The molecule has 7 nitrogen and oxygen atoms in total. The third-order valence-corrected chi connectivity index (χ3v) is 5.61. The van der Waals surface area contributed by atoms with Crippen molar-refractivity contribution in [3.05, 3.63) is 50.9 Å². The summed E-state index contributed by atoms with van der Waals surface area (Å²) in [6.07, 6.45) is 1.34. The van der Waals surface area contributed by atoms with Crippen LogP contribution in [0.1, 0.15) is 30.0 Å². The van der Waals surface area contributed by atoms with Crippen molar-refractivity contribution < 1.29 is 22.4 Å². The average Bonchev–Trinajstić information content (AvgIpc) is 2.62. The second-order valence-electron chi connectivity index (χ2n) is 6.07. The number of esters is 1. The number of carbonyl (C=O) groups is 1. The normalized spacial score (nSPS) is 15.4. The number of hydrogen-bond donors (Lipinski definition) is 0. The van der Waals surface area contributed by atoms with E-state index in [2.05, 4.69) is 11.8 Å². The third kappa shape index (κ3) is 4.13. The van der Waals surface area contributed by atoms with Crippen molar-refractivity contribution in [3.63, 3.8) is 0 Å². The van der Waals surface area contributed by atoms with Crippen molar-refractivity contribution in [3.8, 4) is 17.9 Å². The highest BCUT2D eigenvalue weighted by molar-refractivity contribution is 7.90. The summed E-state index contributed by atoms with van der Waals surface area (Å²) in [6.45, 7) is 1.69. The van der Waals surface area contributed by atoms with Crippen molar-refractivity contribution in [2.45, 2.75) is 19.1 Å². The topological polar surface area (TPSA) is 114 Å². The zero-order valence-electron chi connectivity index (χ0n) is 14.9. The van der Waals surface area contributed by atoms with E-state index in [0.717, 1.165) is 6.08 Å². The van der Waals surface area contributed by atoms with Gasteiger partial charge in [-0.25, -0.2) is 18.0 Å². The molecule has 1 aliphatic rings. The summed E-state index contributed by atoms with van der Waals surface area (Å²) in [5.74, 6) is 4.69. The molecule has 2 aromatic rings. The van der Waals surface area contributed by atoms with E-state index in [4.69, 9.17) is 14.4 Å². The second kappa shape index (κ2) is 7.71. The van der Waals surface area contributed by atoms with Crippen LogP contribution in [-0.4, -0.2) is 26.7 Å². The summed E-state index contributed by atoms with van der Waals surface area (Å²) in [5, 5.41) is 9.59. The maximum Gasteiger partial charge on any atom is 0.348 e. The Morgan fingerprint density at radius 1 is 1.39 bits per heavy atom. The van der Waals surface area contributed by atoms with Crippen LogP contribution in [0.2, 0.25) is 0 Å². The summed E-state index contributed by atoms with van der Waals surface area (Å²) in [6, 6.07) is 6.26. The minimum atomic E-state index is -3.29. The van der Waals surface area contributed by atoms with Gasteiger partial charge in [-0.3, -0.25) is 0 Å². The Morgan fingerprint density at radius 3 is 2.89 bits per heavy atom. The molecule has 0 saturated heterocycles. The van der Waals surface area contributed by atoms with Crippen molar-refractivity contribution in [1.82, 2.24) is 0 Å². The summed E-state index contributed by atoms with van der Waals surface area (Å²) in [7, 11) is -3.29. The predicted octanol–water partition coefficient (Wildman–Crippen LogP) is 1.93.